The highest BCUT2D eigenvalue weighted by Crippen LogP contribution is 2.61. The Labute approximate surface area is 185 Å². The number of hydrogen-bond acceptors (Lipinski definition) is 5. The molecule has 2 heterocycles. The average Bonchev–Trinajstić information content (AvgIpc) is 2.72. The molecule has 1 aromatic heterocycles. The molecule has 0 radical (unpaired) electrons. The van der Waals surface area contributed by atoms with Gasteiger partial charge in [-0.15, -0.1) is 0 Å². The van der Waals surface area contributed by atoms with Crippen LogP contribution in [0.2, 0.25) is 0 Å². The van der Waals surface area contributed by atoms with Crippen molar-refractivity contribution in [2.45, 2.75) is 44.9 Å². The third kappa shape index (κ3) is 4.71. The Hall–Kier alpha value is -2.15. The molecule has 2 amide bonds. The second-order valence-electron chi connectivity index (χ2n) is 10.6. The molecule has 4 bridgehead atoms. The molecular weight excluding hydrogens is 390 g/mol. The average molecular weight is 426 g/mol. The first kappa shape index (κ1) is 20.7. The molecule has 0 atom stereocenters. The quantitative estimate of drug-likeness (QED) is 0.732. The number of nitrogens with one attached hydrogen (secondary N) is 2. The SMILES string of the molecule is CN1CCN(c2ccc(NC(=O)CNC(=O)CC34CC5CC(CC(C5)C3)C4)nc2)CC1. The van der Waals surface area contributed by atoms with Crippen LogP contribution < -0.4 is 15.5 Å². The summed E-state index contributed by atoms with van der Waals surface area (Å²) in [6.07, 6.45) is 10.2. The molecule has 5 fully saturated rings. The first-order valence-electron chi connectivity index (χ1n) is 11.9. The number of carbonyl (C=O) groups is 2. The lowest BCUT2D eigenvalue weighted by molar-refractivity contribution is -0.131. The fourth-order valence-corrected chi connectivity index (χ4v) is 6.99. The Morgan fingerprint density at radius 2 is 1.65 bits per heavy atom. The minimum atomic E-state index is -0.223. The van der Waals surface area contributed by atoms with Crippen LogP contribution in [-0.2, 0) is 9.59 Å². The van der Waals surface area contributed by atoms with Gasteiger partial charge in [-0.3, -0.25) is 9.59 Å². The van der Waals surface area contributed by atoms with Crippen molar-refractivity contribution >= 4 is 23.3 Å². The zero-order valence-corrected chi connectivity index (χ0v) is 18.6. The Kier molecular flexibility index (Phi) is 5.63. The van der Waals surface area contributed by atoms with Gasteiger partial charge in [0.05, 0.1) is 18.4 Å². The van der Waals surface area contributed by atoms with Crippen molar-refractivity contribution in [2.24, 2.45) is 23.2 Å². The van der Waals surface area contributed by atoms with Crippen LogP contribution in [0.1, 0.15) is 44.9 Å². The minimum Gasteiger partial charge on any atom is -0.368 e. The maximum atomic E-state index is 12.6. The lowest BCUT2D eigenvalue weighted by Gasteiger charge is -2.56. The Bertz CT molecular complexity index is 780. The maximum absolute atomic E-state index is 12.6. The van der Waals surface area contributed by atoms with Crippen LogP contribution >= 0.6 is 0 Å². The molecule has 7 heteroatoms. The normalized spacial score (nSPS) is 32.2. The first-order valence-corrected chi connectivity index (χ1v) is 11.9. The van der Waals surface area contributed by atoms with E-state index < -0.39 is 0 Å². The van der Waals surface area contributed by atoms with Crippen molar-refractivity contribution in [3.05, 3.63) is 18.3 Å². The summed E-state index contributed by atoms with van der Waals surface area (Å²) >= 11 is 0. The highest BCUT2D eigenvalue weighted by molar-refractivity contribution is 5.93. The van der Waals surface area contributed by atoms with Gasteiger partial charge in [0, 0.05) is 32.6 Å². The van der Waals surface area contributed by atoms with Crippen molar-refractivity contribution in [1.82, 2.24) is 15.2 Å². The van der Waals surface area contributed by atoms with Gasteiger partial charge in [-0.1, -0.05) is 0 Å². The molecule has 2 N–H and O–H groups in total. The Morgan fingerprint density at radius 3 is 2.23 bits per heavy atom. The highest BCUT2D eigenvalue weighted by Gasteiger charge is 2.51. The van der Waals surface area contributed by atoms with Crippen LogP contribution in [0.15, 0.2) is 18.3 Å². The second-order valence-corrected chi connectivity index (χ2v) is 10.6. The Balaban J connectivity index is 1.07. The summed E-state index contributed by atoms with van der Waals surface area (Å²) in [5, 5.41) is 5.66. The number of hydrogen-bond donors (Lipinski definition) is 2. The summed E-state index contributed by atoms with van der Waals surface area (Å²) in [6.45, 7) is 4.06. The second kappa shape index (κ2) is 8.41. The van der Waals surface area contributed by atoms with Gasteiger partial charge in [0.15, 0.2) is 0 Å². The lowest BCUT2D eigenvalue weighted by Crippen LogP contribution is -2.48. The van der Waals surface area contributed by atoms with E-state index in [0.717, 1.165) is 49.6 Å². The predicted octanol–water partition coefficient (Wildman–Crippen LogP) is 2.49. The molecule has 31 heavy (non-hydrogen) atoms. The van der Waals surface area contributed by atoms with Gasteiger partial charge in [-0.2, -0.15) is 0 Å². The molecule has 1 aromatic rings. The first-order chi connectivity index (χ1) is 15.0. The number of anilines is 2. The molecule has 7 nitrogen and oxygen atoms in total. The maximum Gasteiger partial charge on any atom is 0.244 e. The van der Waals surface area contributed by atoms with Gasteiger partial charge < -0.3 is 20.4 Å². The molecule has 1 saturated heterocycles. The number of nitrogens with zero attached hydrogens (tertiary/aromatic N) is 3. The van der Waals surface area contributed by atoms with Gasteiger partial charge in [0.1, 0.15) is 5.82 Å². The van der Waals surface area contributed by atoms with Crippen molar-refractivity contribution in [1.29, 1.82) is 0 Å². The summed E-state index contributed by atoms with van der Waals surface area (Å²) < 4.78 is 0. The summed E-state index contributed by atoms with van der Waals surface area (Å²) in [7, 11) is 2.14. The van der Waals surface area contributed by atoms with E-state index in [-0.39, 0.29) is 23.8 Å². The van der Waals surface area contributed by atoms with Gasteiger partial charge in [-0.25, -0.2) is 4.98 Å². The zero-order chi connectivity index (χ0) is 21.4. The lowest BCUT2D eigenvalue weighted by atomic mass is 9.49. The van der Waals surface area contributed by atoms with Crippen LogP contribution in [0.25, 0.3) is 0 Å². The van der Waals surface area contributed by atoms with Crippen LogP contribution in [0, 0.1) is 23.2 Å². The van der Waals surface area contributed by atoms with Gasteiger partial charge >= 0.3 is 0 Å². The molecule has 4 saturated carbocycles. The molecule has 6 rings (SSSR count). The van der Waals surface area contributed by atoms with Crippen molar-refractivity contribution in [2.75, 3.05) is 50.0 Å². The van der Waals surface area contributed by atoms with Crippen LogP contribution in [0.3, 0.4) is 0 Å². The van der Waals surface area contributed by atoms with E-state index in [2.05, 4.69) is 32.5 Å². The van der Waals surface area contributed by atoms with Crippen molar-refractivity contribution in [3.8, 4) is 0 Å². The van der Waals surface area contributed by atoms with Crippen LogP contribution in [0.5, 0.6) is 0 Å². The Morgan fingerprint density at radius 1 is 1.00 bits per heavy atom. The third-order valence-corrected chi connectivity index (χ3v) is 8.03. The zero-order valence-electron chi connectivity index (χ0n) is 18.6. The van der Waals surface area contributed by atoms with E-state index in [9.17, 15) is 9.59 Å². The van der Waals surface area contributed by atoms with E-state index in [1.165, 1.54) is 38.5 Å². The topological polar surface area (TPSA) is 77.6 Å². The minimum absolute atomic E-state index is 0.00703. The van der Waals surface area contributed by atoms with Crippen molar-refractivity contribution < 1.29 is 9.59 Å². The monoisotopic (exact) mass is 425 g/mol. The molecule has 5 aliphatic rings. The fourth-order valence-electron chi connectivity index (χ4n) is 6.99. The largest absolute Gasteiger partial charge is 0.368 e. The van der Waals surface area contributed by atoms with E-state index in [1.807, 2.05) is 18.3 Å². The number of aromatic nitrogens is 1. The third-order valence-electron chi connectivity index (χ3n) is 8.03. The summed E-state index contributed by atoms with van der Waals surface area (Å²) in [5.74, 6) is 2.83. The number of carbonyl (C=O) groups excluding carboxylic acids is 2. The molecular formula is C24H35N5O2. The van der Waals surface area contributed by atoms with Gasteiger partial charge in [0.2, 0.25) is 11.8 Å². The van der Waals surface area contributed by atoms with Gasteiger partial charge in [-0.05, 0) is 80.9 Å². The number of piperazine rings is 1. The highest BCUT2D eigenvalue weighted by atomic mass is 16.2. The van der Waals surface area contributed by atoms with E-state index >= 15 is 0 Å². The summed E-state index contributed by atoms with van der Waals surface area (Å²) in [5.41, 5.74) is 1.28. The van der Waals surface area contributed by atoms with Crippen LogP contribution in [-0.4, -0.2) is 61.5 Å². The standard InChI is InChI=1S/C24H35N5O2/c1-28-4-6-29(7-5-28)20-2-3-21(25-15-20)27-23(31)16-26-22(30)14-24-11-17-8-18(12-24)10-19(9-17)13-24/h2-3,15,17-19H,4-14,16H2,1H3,(H,26,30)(H,25,27,31). The molecule has 168 valence electrons. The number of rotatable bonds is 6. The predicted molar refractivity (Wildman–Crippen MR) is 121 cm³/mol. The molecule has 0 aromatic carbocycles. The van der Waals surface area contributed by atoms with Crippen molar-refractivity contribution in [3.63, 3.8) is 0 Å². The van der Waals surface area contributed by atoms with E-state index in [4.69, 9.17) is 0 Å². The smallest absolute Gasteiger partial charge is 0.244 e. The fraction of sp³-hybridized carbons (Fsp3) is 0.708. The molecule has 0 spiro atoms. The van der Waals surface area contributed by atoms with E-state index in [1.54, 1.807) is 0 Å². The summed E-state index contributed by atoms with van der Waals surface area (Å²) in [6, 6.07) is 3.84. The molecule has 4 aliphatic carbocycles. The number of amides is 2. The van der Waals surface area contributed by atoms with Gasteiger partial charge in [0.25, 0.3) is 0 Å². The summed E-state index contributed by atoms with van der Waals surface area (Å²) in [4.78, 5) is 33.9. The molecule has 1 aliphatic heterocycles. The van der Waals surface area contributed by atoms with Crippen LogP contribution in [0.4, 0.5) is 11.5 Å². The van der Waals surface area contributed by atoms with E-state index in [0.29, 0.717) is 12.2 Å². The number of likely N-dealkylation sites (N-methyl/N-ethyl adjacent to an activating group) is 1. The molecule has 0 unspecified atom stereocenters. The number of pyridine rings is 1.